The van der Waals surface area contributed by atoms with E-state index >= 15 is 0 Å². The Kier molecular flexibility index (Phi) is 2.64. The smallest absolute Gasteiger partial charge is 0.0576 e. The molecule has 0 aromatic carbocycles. The summed E-state index contributed by atoms with van der Waals surface area (Å²) in [6, 6.07) is 0. The first-order valence-electron chi connectivity index (χ1n) is 5.77. The third kappa shape index (κ3) is 1.90. The molecule has 0 aliphatic heterocycles. The molecule has 2 rings (SSSR count). The maximum absolute atomic E-state index is 5.47. The molecule has 0 saturated heterocycles. The Morgan fingerprint density at radius 2 is 1.69 bits per heavy atom. The first-order valence-corrected chi connectivity index (χ1v) is 5.77. The van der Waals surface area contributed by atoms with Gasteiger partial charge in [-0.1, -0.05) is 19.8 Å². The molecule has 2 fully saturated rings. The predicted molar refractivity (Wildman–Crippen MR) is 54.7 cm³/mol. The lowest BCUT2D eigenvalue weighted by atomic mass is 9.70. The molecule has 0 amide bonds. The fourth-order valence-electron chi connectivity index (χ4n) is 3.18. The van der Waals surface area contributed by atoms with Crippen LogP contribution in [-0.2, 0) is 4.74 Å². The molecule has 1 spiro atoms. The molecule has 0 N–H and O–H groups in total. The van der Waals surface area contributed by atoms with Crippen LogP contribution in [0.25, 0.3) is 0 Å². The molecule has 1 atom stereocenters. The third-order valence-electron chi connectivity index (χ3n) is 4.33. The van der Waals surface area contributed by atoms with Crippen LogP contribution in [0.3, 0.4) is 0 Å². The first kappa shape index (κ1) is 9.51. The molecule has 2 saturated carbocycles. The number of hydrogen-bond acceptors (Lipinski definition) is 1. The monoisotopic (exact) mass is 182 g/mol. The minimum absolute atomic E-state index is 0.577. The molecule has 0 aromatic heterocycles. The van der Waals surface area contributed by atoms with Crippen LogP contribution in [0.15, 0.2) is 0 Å². The van der Waals surface area contributed by atoms with Crippen LogP contribution in [0.5, 0.6) is 0 Å². The second-order valence-electron chi connectivity index (χ2n) is 5.28. The molecule has 2 aliphatic carbocycles. The van der Waals surface area contributed by atoms with E-state index in [1.165, 1.54) is 44.9 Å². The van der Waals surface area contributed by atoms with Crippen molar-refractivity contribution in [3.05, 3.63) is 0 Å². The molecule has 13 heavy (non-hydrogen) atoms. The highest BCUT2D eigenvalue weighted by Gasteiger charge is 2.40. The quantitative estimate of drug-likeness (QED) is 0.604. The van der Waals surface area contributed by atoms with Gasteiger partial charge in [-0.05, 0) is 43.4 Å². The van der Waals surface area contributed by atoms with Crippen LogP contribution in [0, 0.1) is 11.3 Å². The molecule has 0 bridgehead atoms. The van der Waals surface area contributed by atoms with Crippen LogP contribution in [0.2, 0.25) is 0 Å². The van der Waals surface area contributed by atoms with Crippen molar-refractivity contribution in [1.82, 2.24) is 0 Å². The van der Waals surface area contributed by atoms with Crippen molar-refractivity contribution in [2.24, 2.45) is 11.3 Å². The molecule has 0 heterocycles. The van der Waals surface area contributed by atoms with E-state index in [0.29, 0.717) is 11.5 Å². The van der Waals surface area contributed by atoms with Crippen LogP contribution >= 0.6 is 0 Å². The molecule has 2 aliphatic rings. The molecular weight excluding hydrogens is 160 g/mol. The van der Waals surface area contributed by atoms with Gasteiger partial charge in [-0.15, -0.1) is 0 Å². The normalized spacial score (nSPS) is 45.7. The SMILES string of the molecule is COC1CCC2(CCC(C)CC2)C1. The predicted octanol–water partition coefficient (Wildman–Crippen LogP) is 3.38. The van der Waals surface area contributed by atoms with Crippen molar-refractivity contribution in [2.45, 2.75) is 58.0 Å². The summed E-state index contributed by atoms with van der Waals surface area (Å²) in [4.78, 5) is 0. The Labute approximate surface area is 81.9 Å². The Hall–Kier alpha value is -0.0400. The van der Waals surface area contributed by atoms with Crippen LogP contribution < -0.4 is 0 Å². The van der Waals surface area contributed by atoms with E-state index < -0.39 is 0 Å². The van der Waals surface area contributed by atoms with Crippen molar-refractivity contribution in [3.63, 3.8) is 0 Å². The molecule has 1 heteroatoms. The molecular formula is C12H22O. The minimum Gasteiger partial charge on any atom is -0.381 e. The van der Waals surface area contributed by atoms with Crippen molar-refractivity contribution in [3.8, 4) is 0 Å². The maximum Gasteiger partial charge on any atom is 0.0576 e. The zero-order valence-electron chi connectivity index (χ0n) is 9.01. The average molecular weight is 182 g/mol. The van der Waals surface area contributed by atoms with Crippen molar-refractivity contribution in [2.75, 3.05) is 7.11 Å². The summed E-state index contributed by atoms with van der Waals surface area (Å²) in [6.45, 7) is 2.40. The van der Waals surface area contributed by atoms with E-state index in [1.807, 2.05) is 7.11 Å². The lowest BCUT2D eigenvalue weighted by Crippen LogP contribution is -2.24. The third-order valence-corrected chi connectivity index (χ3v) is 4.33. The van der Waals surface area contributed by atoms with Gasteiger partial charge >= 0.3 is 0 Å². The average Bonchev–Trinajstić information content (AvgIpc) is 2.55. The van der Waals surface area contributed by atoms with E-state index in [2.05, 4.69) is 6.92 Å². The van der Waals surface area contributed by atoms with Crippen molar-refractivity contribution >= 4 is 0 Å². The summed E-state index contributed by atoms with van der Waals surface area (Å²) in [5.41, 5.74) is 0.702. The zero-order chi connectivity index (χ0) is 9.31. The zero-order valence-corrected chi connectivity index (χ0v) is 9.01. The summed E-state index contributed by atoms with van der Waals surface area (Å²) in [7, 11) is 1.87. The molecule has 1 unspecified atom stereocenters. The van der Waals surface area contributed by atoms with Gasteiger partial charge in [-0.2, -0.15) is 0 Å². The summed E-state index contributed by atoms with van der Waals surface area (Å²) in [6.07, 6.45) is 10.5. The standard InChI is InChI=1S/C12H22O/c1-10-3-6-12(7-4-10)8-5-11(9-12)13-2/h10-11H,3-9H2,1-2H3. The van der Waals surface area contributed by atoms with Crippen molar-refractivity contribution in [1.29, 1.82) is 0 Å². The lowest BCUT2D eigenvalue weighted by Gasteiger charge is -2.36. The Bertz CT molecular complexity index is 168. The summed E-state index contributed by atoms with van der Waals surface area (Å²) in [5.74, 6) is 0.979. The fourth-order valence-corrected chi connectivity index (χ4v) is 3.18. The van der Waals surface area contributed by atoms with Crippen LogP contribution in [0.4, 0.5) is 0 Å². The van der Waals surface area contributed by atoms with Gasteiger partial charge in [0.05, 0.1) is 6.10 Å². The number of hydrogen-bond donors (Lipinski definition) is 0. The summed E-state index contributed by atoms with van der Waals surface area (Å²) >= 11 is 0. The maximum atomic E-state index is 5.47. The number of methoxy groups -OCH3 is 1. The van der Waals surface area contributed by atoms with E-state index in [-0.39, 0.29) is 0 Å². The van der Waals surface area contributed by atoms with E-state index in [9.17, 15) is 0 Å². The first-order chi connectivity index (χ1) is 6.24. The van der Waals surface area contributed by atoms with E-state index in [0.717, 1.165) is 5.92 Å². The highest BCUT2D eigenvalue weighted by molar-refractivity contribution is 4.92. The molecule has 76 valence electrons. The minimum atomic E-state index is 0.577. The van der Waals surface area contributed by atoms with Crippen molar-refractivity contribution < 1.29 is 4.74 Å². The van der Waals surface area contributed by atoms with E-state index in [1.54, 1.807) is 0 Å². The van der Waals surface area contributed by atoms with Gasteiger partial charge in [0.25, 0.3) is 0 Å². The van der Waals surface area contributed by atoms with Gasteiger partial charge < -0.3 is 4.74 Å². The Balaban J connectivity index is 1.92. The van der Waals surface area contributed by atoms with Gasteiger partial charge in [0.15, 0.2) is 0 Å². The number of rotatable bonds is 1. The largest absolute Gasteiger partial charge is 0.381 e. The fraction of sp³-hybridized carbons (Fsp3) is 1.00. The number of ether oxygens (including phenoxy) is 1. The van der Waals surface area contributed by atoms with Gasteiger partial charge in [0, 0.05) is 7.11 Å². The Morgan fingerprint density at radius 1 is 1.08 bits per heavy atom. The van der Waals surface area contributed by atoms with Gasteiger partial charge in [-0.3, -0.25) is 0 Å². The van der Waals surface area contributed by atoms with Crippen LogP contribution in [-0.4, -0.2) is 13.2 Å². The second kappa shape index (κ2) is 3.61. The summed E-state index contributed by atoms with van der Waals surface area (Å²) < 4.78 is 5.47. The van der Waals surface area contributed by atoms with Gasteiger partial charge in [0.1, 0.15) is 0 Å². The lowest BCUT2D eigenvalue weighted by molar-refractivity contribution is 0.0804. The highest BCUT2D eigenvalue weighted by Crippen LogP contribution is 2.50. The van der Waals surface area contributed by atoms with E-state index in [4.69, 9.17) is 4.74 Å². The topological polar surface area (TPSA) is 9.23 Å². The summed E-state index contributed by atoms with van der Waals surface area (Å²) in [5, 5.41) is 0. The molecule has 0 aromatic rings. The van der Waals surface area contributed by atoms with Gasteiger partial charge in [-0.25, -0.2) is 0 Å². The molecule has 1 nitrogen and oxygen atoms in total. The van der Waals surface area contributed by atoms with Crippen LogP contribution in [0.1, 0.15) is 51.9 Å². The highest BCUT2D eigenvalue weighted by atomic mass is 16.5. The Morgan fingerprint density at radius 3 is 2.23 bits per heavy atom. The molecule has 0 radical (unpaired) electrons. The second-order valence-corrected chi connectivity index (χ2v) is 5.28. The van der Waals surface area contributed by atoms with Gasteiger partial charge in [0.2, 0.25) is 0 Å².